The van der Waals surface area contributed by atoms with Gasteiger partial charge in [-0.3, -0.25) is 4.79 Å². The van der Waals surface area contributed by atoms with Gasteiger partial charge in [0.2, 0.25) is 5.91 Å². The van der Waals surface area contributed by atoms with Crippen LogP contribution in [0.1, 0.15) is 17.5 Å². The molecule has 1 heterocycles. The first-order valence-electron chi connectivity index (χ1n) is 9.64. The molecular formula is C23H27NO5. The van der Waals surface area contributed by atoms with E-state index < -0.39 is 0 Å². The van der Waals surface area contributed by atoms with Crippen molar-refractivity contribution < 1.29 is 23.7 Å². The topological polar surface area (TPSA) is 57.2 Å². The van der Waals surface area contributed by atoms with Crippen molar-refractivity contribution in [2.45, 2.75) is 12.8 Å². The Labute approximate surface area is 171 Å². The molecule has 0 N–H and O–H groups in total. The van der Waals surface area contributed by atoms with Crippen molar-refractivity contribution in [3.63, 3.8) is 0 Å². The summed E-state index contributed by atoms with van der Waals surface area (Å²) in [6.45, 7) is 1.89. The van der Waals surface area contributed by atoms with Crippen molar-refractivity contribution in [1.29, 1.82) is 0 Å². The summed E-state index contributed by atoms with van der Waals surface area (Å²) >= 11 is 0. The second kappa shape index (κ2) is 9.87. The summed E-state index contributed by atoms with van der Waals surface area (Å²) in [6, 6.07) is 11.5. The van der Waals surface area contributed by atoms with Crippen molar-refractivity contribution in [3.05, 3.63) is 53.6 Å². The van der Waals surface area contributed by atoms with Crippen LogP contribution < -0.4 is 18.9 Å². The normalized spacial score (nSPS) is 13.1. The maximum absolute atomic E-state index is 12.4. The fraction of sp³-hybridized carbons (Fsp3) is 0.348. The zero-order valence-electron chi connectivity index (χ0n) is 17.1. The average molecular weight is 397 g/mol. The molecule has 0 fully saturated rings. The number of amides is 1. The summed E-state index contributed by atoms with van der Waals surface area (Å²) in [7, 11) is 5.02. The molecule has 0 unspecified atom stereocenters. The summed E-state index contributed by atoms with van der Waals surface area (Å²) < 4.78 is 21.9. The number of rotatable bonds is 7. The van der Waals surface area contributed by atoms with E-state index in [0.29, 0.717) is 31.3 Å². The van der Waals surface area contributed by atoms with Crippen molar-refractivity contribution >= 4 is 12.0 Å². The summed E-state index contributed by atoms with van der Waals surface area (Å²) in [5.41, 5.74) is 1.98. The number of ether oxygens (including phenoxy) is 4. The van der Waals surface area contributed by atoms with Gasteiger partial charge in [0.05, 0.1) is 27.4 Å². The standard InChI is InChI=1S/C23H27NO5/c1-24(12-11-18-5-8-19(26-2)21(15-18)27-3)23(25)10-7-17-6-9-20-22(16-17)29-14-4-13-28-20/h5-10,15-16H,4,11-14H2,1-3H3. The first-order chi connectivity index (χ1) is 14.1. The molecule has 0 aromatic heterocycles. The van der Waals surface area contributed by atoms with E-state index in [1.807, 2.05) is 36.4 Å². The van der Waals surface area contributed by atoms with Crippen LogP contribution in [0.4, 0.5) is 0 Å². The Hall–Kier alpha value is -3.15. The van der Waals surface area contributed by atoms with E-state index in [0.717, 1.165) is 35.5 Å². The Bertz CT molecular complexity index is 878. The molecule has 0 atom stereocenters. The van der Waals surface area contributed by atoms with E-state index in [4.69, 9.17) is 18.9 Å². The van der Waals surface area contributed by atoms with E-state index in [1.54, 1.807) is 38.3 Å². The van der Waals surface area contributed by atoms with Crippen LogP contribution in [0.5, 0.6) is 23.0 Å². The zero-order valence-corrected chi connectivity index (χ0v) is 17.1. The van der Waals surface area contributed by atoms with Gasteiger partial charge in [0, 0.05) is 26.1 Å². The maximum Gasteiger partial charge on any atom is 0.246 e. The zero-order chi connectivity index (χ0) is 20.6. The van der Waals surface area contributed by atoms with Crippen LogP contribution >= 0.6 is 0 Å². The Kier molecular flexibility index (Phi) is 7.00. The third-order valence-corrected chi connectivity index (χ3v) is 4.75. The first-order valence-corrected chi connectivity index (χ1v) is 9.64. The van der Waals surface area contributed by atoms with Crippen LogP contribution in [0.3, 0.4) is 0 Å². The fourth-order valence-electron chi connectivity index (χ4n) is 3.02. The predicted molar refractivity (Wildman–Crippen MR) is 112 cm³/mol. The smallest absolute Gasteiger partial charge is 0.246 e. The third kappa shape index (κ3) is 5.44. The van der Waals surface area contributed by atoms with E-state index in [1.165, 1.54) is 0 Å². The number of benzene rings is 2. The van der Waals surface area contributed by atoms with Gasteiger partial charge >= 0.3 is 0 Å². The lowest BCUT2D eigenvalue weighted by Crippen LogP contribution is -2.27. The van der Waals surface area contributed by atoms with Crippen LogP contribution in [0.2, 0.25) is 0 Å². The van der Waals surface area contributed by atoms with Crippen molar-refractivity contribution in [3.8, 4) is 23.0 Å². The maximum atomic E-state index is 12.4. The molecule has 6 heteroatoms. The molecule has 0 saturated heterocycles. The molecule has 0 saturated carbocycles. The largest absolute Gasteiger partial charge is 0.493 e. The minimum Gasteiger partial charge on any atom is -0.493 e. The van der Waals surface area contributed by atoms with Gasteiger partial charge in [0.25, 0.3) is 0 Å². The van der Waals surface area contributed by atoms with Gasteiger partial charge in [0.15, 0.2) is 23.0 Å². The second-order valence-corrected chi connectivity index (χ2v) is 6.79. The molecule has 2 aromatic rings. The molecule has 154 valence electrons. The van der Waals surface area contributed by atoms with Gasteiger partial charge in [-0.15, -0.1) is 0 Å². The van der Waals surface area contributed by atoms with Gasteiger partial charge < -0.3 is 23.8 Å². The Balaban J connectivity index is 1.57. The van der Waals surface area contributed by atoms with Gasteiger partial charge in [-0.2, -0.15) is 0 Å². The lowest BCUT2D eigenvalue weighted by atomic mass is 10.1. The molecule has 2 aromatic carbocycles. The van der Waals surface area contributed by atoms with Crippen molar-refractivity contribution in [2.24, 2.45) is 0 Å². The number of nitrogens with zero attached hydrogens (tertiary/aromatic N) is 1. The number of hydrogen-bond donors (Lipinski definition) is 0. The first kappa shape index (κ1) is 20.6. The van der Waals surface area contributed by atoms with Crippen molar-refractivity contribution in [1.82, 2.24) is 4.90 Å². The number of carbonyl (C=O) groups is 1. The summed E-state index contributed by atoms with van der Waals surface area (Å²) in [5, 5.41) is 0. The molecule has 29 heavy (non-hydrogen) atoms. The molecule has 0 radical (unpaired) electrons. The molecule has 6 nitrogen and oxygen atoms in total. The number of fused-ring (bicyclic) bond motifs is 1. The molecule has 3 rings (SSSR count). The van der Waals surface area contributed by atoms with Crippen LogP contribution in [0, 0.1) is 0 Å². The number of likely N-dealkylation sites (N-methyl/N-ethyl adjacent to an activating group) is 1. The Morgan fingerprint density at radius 1 is 1.03 bits per heavy atom. The van der Waals surface area contributed by atoms with E-state index in [2.05, 4.69) is 0 Å². The Morgan fingerprint density at radius 3 is 2.55 bits per heavy atom. The molecule has 0 bridgehead atoms. The fourth-order valence-corrected chi connectivity index (χ4v) is 3.02. The molecule has 0 spiro atoms. The average Bonchev–Trinajstić information content (AvgIpc) is 3.00. The minimum atomic E-state index is -0.0578. The van der Waals surface area contributed by atoms with Gasteiger partial charge in [-0.1, -0.05) is 12.1 Å². The number of methoxy groups -OCH3 is 2. The SMILES string of the molecule is COc1ccc(CCN(C)C(=O)C=Cc2ccc3c(c2)OCCCO3)cc1OC. The third-order valence-electron chi connectivity index (χ3n) is 4.75. The van der Waals surface area contributed by atoms with Crippen molar-refractivity contribution in [2.75, 3.05) is 41.0 Å². The highest BCUT2D eigenvalue weighted by Gasteiger charge is 2.11. The minimum absolute atomic E-state index is 0.0578. The molecule has 1 amide bonds. The van der Waals surface area contributed by atoms with E-state index in [-0.39, 0.29) is 5.91 Å². The van der Waals surface area contributed by atoms with Crippen LogP contribution in [-0.2, 0) is 11.2 Å². The highest BCUT2D eigenvalue weighted by Crippen LogP contribution is 2.31. The molecule has 1 aliphatic rings. The van der Waals surface area contributed by atoms with Gasteiger partial charge in [-0.25, -0.2) is 0 Å². The van der Waals surface area contributed by atoms with E-state index in [9.17, 15) is 4.79 Å². The van der Waals surface area contributed by atoms with Crippen LogP contribution in [0.25, 0.3) is 6.08 Å². The lowest BCUT2D eigenvalue weighted by Gasteiger charge is -2.16. The Morgan fingerprint density at radius 2 is 1.79 bits per heavy atom. The quantitative estimate of drug-likeness (QED) is 0.669. The molecule has 0 aliphatic carbocycles. The number of carbonyl (C=O) groups excluding carboxylic acids is 1. The second-order valence-electron chi connectivity index (χ2n) is 6.79. The lowest BCUT2D eigenvalue weighted by molar-refractivity contribution is -0.124. The highest BCUT2D eigenvalue weighted by atomic mass is 16.5. The molecule has 1 aliphatic heterocycles. The number of hydrogen-bond acceptors (Lipinski definition) is 5. The van der Waals surface area contributed by atoms with Gasteiger partial charge in [-0.05, 0) is 47.9 Å². The van der Waals surface area contributed by atoms with Crippen LogP contribution in [-0.4, -0.2) is 51.8 Å². The van der Waals surface area contributed by atoms with Gasteiger partial charge in [0.1, 0.15) is 0 Å². The van der Waals surface area contributed by atoms with Crippen LogP contribution in [0.15, 0.2) is 42.5 Å². The predicted octanol–water partition coefficient (Wildman–Crippen LogP) is 3.58. The summed E-state index contributed by atoms with van der Waals surface area (Å²) in [5.74, 6) is 2.79. The summed E-state index contributed by atoms with van der Waals surface area (Å²) in [6.07, 6.45) is 4.96. The summed E-state index contributed by atoms with van der Waals surface area (Å²) in [4.78, 5) is 14.1. The molecular weight excluding hydrogens is 370 g/mol. The monoisotopic (exact) mass is 397 g/mol. The highest BCUT2D eigenvalue weighted by molar-refractivity contribution is 5.91. The van der Waals surface area contributed by atoms with E-state index >= 15 is 0 Å².